The summed E-state index contributed by atoms with van der Waals surface area (Å²) in [5.41, 5.74) is 7.68. The largest absolute Gasteiger partial charge is 0.370 e. The summed E-state index contributed by atoms with van der Waals surface area (Å²) in [4.78, 5) is 8.26. The second-order valence-electron chi connectivity index (χ2n) is 4.00. The van der Waals surface area contributed by atoms with Crippen LogP contribution in [0.4, 0.5) is 5.69 Å². The number of aryl methyl sites for hydroxylation is 1. The Bertz CT molecular complexity index is 344. The number of guanidine groups is 1. The molecule has 0 saturated heterocycles. The molecule has 1 aromatic rings. The van der Waals surface area contributed by atoms with Gasteiger partial charge in [0.15, 0.2) is 5.96 Å². The molecule has 1 aromatic heterocycles. The van der Waals surface area contributed by atoms with Crippen LogP contribution in [-0.4, -0.2) is 17.5 Å². The maximum Gasteiger partial charge on any atom is 0.193 e. The van der Waals surface area contributed by atoms with E-state index in [-0.39, 0.29) is 0 Å². The van der Waals surface area contributed by atoms with Crippen LogP contribution in [0.1, 0.15) is 19.4 Å². The first-order valence-corrected chi connectivity index (χ1v) is 5.06. The number of pyridine rings is 1. The van der Waals surface area contributed by atoms with Gasteiger partial charge >= 0.3 is 0 Å². The molecule has 0 saturated carbocycles. The Morgan fingerprint density at radius 2 is 2.27 bits per heavy atom. The standard InChI is InChI=1S/C11H18N4/c1-8(2)5-14-11(12)15-10-4-9(3)6-13-7-10/h4,6-8H,5H2,1-3H3,(H3,12,14,15). The molecule has 0 amide bonds. The minimum atomic E-state index is 0.441. The zero-order valence-corrected chi connectivity index (χ0v) is 9.49. The summed E-state index contributed by atoms with van der Waals surface area (Å²) in [6, 6.07) is 1.98. The smallest absolute Gasteiger partial charge is 0.193 e. The van der Waals surface area contributed by atoms with Gasteiger partial charge in [0.2, 0.25) is 0 Å². The van der Waals surface area contributed by atoms with E-state index in [1.807, 2.05) is 13.0 Å². The summed E-state index contributed by atoms with van der Waals surface area (Å²) in [5, 5.41) is 3.00. The number of aromatic nitrogens is 1. The van der Waals surface area contributed by atoms with Crippen molar-refractivity contribution in [2.24, 2.45) is 16.6 Å². The van der Waals surface area contributed by atoms with Crippen LogP contribution >= 0.6 is 0 Å². The predicted octanol–water partition coefficient (Wildman–Crippen LogP) is 1.77. The predicted molar refractivity (Wildman–Crippen MR) is 63.9 cm³/mol. The van der Waals surface area contributed by atoms with Crippen molar-refractivity contribution in [3.05, 3.63) is 24.0 Å². The van der Waals surface area contributed by atoms with Crippen LogP contribution in [0, 0.1) is 12.8 Å². The lowest BCUT2D eigenvalue weighted by molar-refractivity contribution is 0.665. The fraction of sp³-hybridized carbons (Fsp3) is 0.455. The Morgan fingerprint density at radius 1 is 1.53 bits per heavy atom. The monoisotopic (exact) mass is 206 g/mol. The van der Waals surface area contributed by atoms with Crippen molar-refractivity contribution in [2.75, 3.05) is 11.9 Å². The van der Waals surface area contributed by atoms with Crippen LogP contribution in [0.3, 0.4) is 0 Å². The van der Waals surface area contributed by atoms with Gasteiger partial charge in [-0.15, -0.1) is 0 Å². The third-order valence-corrected chi connectivity index (χ3v) is 1.77. The van der Waals surface area contributed by atoms with Gasteiger partial charge in [0.1, 0.15) is 0 Å². The van der Waals surface area contributed by atoms with Gasteiger partial charge in [-0.3, -0.25) is 9.98 Å². The Morgan fingerprint density at radius 3 is 2.87 bits per heavy atom. The molecule has 0 unspecified atom stereocenters. The molecule has 3 N–H and O–H groups in total. The van der Waals surface area contributed by atoms with Crippen molar-refractivity contribution in [3.8, 4) is 0 Å². The summed E-state index contributed by atoms with van der Waals surface area (Å²) in [6.45, 7) is 6.92. The number of hydrogen-bond donors (Lipinski definition) is 2. The molecule has 15 heavy (non-hydrogen) atoms. The minimum absolute atomic E-state index is 0.441. The number of hydrogen-bond acceptors (Lipinski definition) is 2. The van der Waals surface area contributed by atoms with E-state index in [9.17, 15) is 0 Å². The van der Waals surface area contributed by atoms with Crippen LogP contribution in [0.2, 0.25) is 0 Å². The zero-order chi connectivity index (χ0) is 11.3. The summed E-state index contributed by atoms with van der Waals surface area (Å²) in [5.74, 6) is 0.956. The van der Waals surface area contributed by atoms with Gasteiger partial charge in [-0.1, -0.05) is 13.8 Å². The highest BCUT2D eigenvalue weighted by molar-refractivity contribution is 5.92. The van der Waals surface area contributed by atoms with Crippen LogP contribution in [0.5, 0.6) is 0 Å². The molecule has 1 heterocycles. The maximum atomic E-state index is 5.72. The number of nitrogens with two attached hydrogens (primary N) is 1. The van der Waals surface area contributed by atoms with Crippen molar-refractivity contribution in [2.45, 2.75) is 20.8 Å². The molecule has 0 aromatic carbocycles. The van der Waals surface area contributed by atoms with Crippen molar-refractivity contribution in [1.82, 2.24) is 4.98 Å². The summed E-state index contributed by atoms with van der Waals surface area (Å²) >= 11 is 0. The second kappa shape index (κ2) is 5.34. The van der Waals surface area contributed by atoms with Crippen molar-refractivity contribution >= 4 is 11.6 Å². The van der Waals surface area contributed by atoms with Crippen LogP contribution in [0.15, 0.2) is 23.5 Å². The van der Waals surface area contributed by atoms with Crippen LogP contribution < -0.4 is 11.1 Å². The molecule has 0 fully saturated rings. The van der Waals surface area contributed by atoms with Crippen LogP contribution in [-0.2, 0) is 0 Å². The van der Waals surface area contributed by atoms with Crippen molar-refractivity contribution in [3.63, 3.8) is 0 Å². The van der Waals surface area contributed by atoms with Gasteiger partial charge in [-0.2, -0.15) is 0 Å². The lowest BCUT2D eigenvalue weighted by Crippen LogP contribution is -2.23. The van der Waals surface area contributed by atoms with E-state index in [0.29, 0.717) is 11.9 Å². The van der Waals surface area contributed by atoms with Gasteiger partial charge in [-0.25, -0.2) is 0 Å². The van der Waals surface area contributed by atoms with Gasteiger partial charge in [0, 0.05) is 12.7 Å². The van der Waals surface area contributed by atoms with Gasteiger partial charge in [-0.05, 0) is 24.5 Å². The fourth-order valence-electron chi connectivity index (χ4n) is 1.09. The maximum absolute atomic E-state index is 5.72. The van der Waals surface area contributed by atoms with E-state index in [0.717, 1.165) is 17.8 Å². The average molecular weight is 206 g/mol. The van der Waals surface area contributed by atoms with E-state index in [1.54, 1.807) is 12.4 Å². The molecule has 0 aliphatic carbocycles. The van der Waals surface area contributed by atoms with E-state index in [4.69, 9.17) is 5.73 Å². The summed E-state index contributed by atoms with van der Waals surface area (Å²) in [7, 11) is 0. The summed E-state index contributed by atoms with van der Waals surface area (Å²) < 4.78 is 0. The van der Waals surface area contributed by atoms with Crippen molar-refractivity contribution < 1.29 is 0 Å². The number of nitrogens with one attached hydrogen (secondary N) is 1. The van der Waals surface area contributed by atoms with Crippen LogP contribution in [0.25, 0.3) is 0 Å². The molecule has 0 aliphatic rings. The first-order chi connectivity index (χ1) is 7.08. The highest BCUT2D eigenvalue weighted by atomic mass is 15.1. The first kappa shape index (κ1) is 11.5. The third kappa shape index (κ3) is 4.44. The quantitative estimate of drug-likeness (QED) is 0.585. The van der Waals surface area contributed by atoms with E-state index in [1.165, 1.54) is 0 Å². The molecular weight excluding hydrogens is 188 g/mol. The summed E-state index contributed by atoms with van der Waals surface area (Å²) in [6.07, 6.45) is 3.53. The fourth-order valence-corrected chi connectivity index (χ4v) is 1.09. The number of aliphatic imine (C=N–C) groups is 1. The topological polar surface area (TPSA) is 63.3 Å². The molecule has 1 rings (SSSR count). The number of nitrogens with zero attached hydrogens (tertiary/aromatic N) is 2. The number of rotatable bonds is 3. The lowest BCUT2D eigenvalue weighted by atomic mass is 10.2. The molecule has 82 valence electrons. The molecular formula is C11H18N4. The Hall–Kier alpha value is -1.58. The van der Waals surface area contributed by atoms with Gasteiger partial charge in [0.05, 0.1) is 11.9 Å². The Kier molecular flexibility index (Phi) is 4.09. The van der Waals surface area contributed by atoms with Gasteiger partial charge < -0.3 is 11.1 Å². The second-order valence-corrected chi connectivity index (χ2v) is 4.00. The molecule has 0 bridgehead atoms. The molecule has 0 spiro atoms. The highest BCUT2D eigenvalue weighted by Gasteiger charge is 1.96. The SMILES string of the molecule is Cc1cncc(NC(N)=NCC(C)C)c1. The van der Waals surface area contributed by atoms with Gasteiger partial charge in [0.25, 0.3) is 0 Å². The van der Waals surface area contributed by atoms with E-state index in [2.05, 4.69) is 29.1 Å². The minimum Gasteiger partial charge on any atom is -0.370 e. The molecule has 4 nitrogen and oxygen atoms in total. The highest BCUT2D eigenvalue weighted by Crippen LogP contribution is 2.06. The normalized spacial score (nSPS) is 11.9. The van der Waals surface area contributed by atoms with E-state index < -0.39 is 0 Å². The lowest BCUT2D eigenvalue weighted by Gasteiger charge is -2.06. The first-order valence-electron chi connectivity index (χ1n) is 5.06. The zero-order valence-electron chi connectivity index (χ0n) is 9.49. The Balaban J connectivity index is 2.58. The molecule has 0 aliphatic heterocycles. The van der Waals surface area contributed by atoms with E-state index >= 15 is 0 Å². The Labute approximate surface area is 90.6 Å². The molecule has 0 radical (unpaired) electrons. The number of anilines is 1. The molecule has 4 heteroatoms. The third-order valence-electron chi connectivity index (χ3n) is 1.77. The average Bonchev–Trinajstić information content (AvgIpc) is 2.15. The molecule has 0 atom stereocenters. The van der Waals surface area contributed by atoms with Crippen molar-refractivity contribution in [1.29, 1.82) is 0 Å².